The minimum atomic E-state index is -1.34. The van der Waals surface area contributed by atoms with Gasteiger partial charge in [0, 0.05) is 26.1 Å². The second-order valence-corrected chi connectivity index (χ2v) is 10.4. The highest BCUT2D eigenvalue weighted by atomic mass is 16.4. The van der Waals surface area contributed by atoms with Crippen LogP contribution in [-0.4, -0.2) is 71.3 Å². The summed E-state index contributed by atoms with van der Waals surface area (Å²) in [6.45, 7) is 3.90. The Morgan fingerprint density at radius 2 is 1.61 bits per heavy atom. The maximum Gasteiger partial charge on any atom is 0.405 e. The van der Waals surface area contributed by atoms with Crippen LogP contribution < -0.4 is 16.0 Å². The molecule has 4 N–H and O–H groups in total. The van der Waals surface area contributed by atoms with Gasteiger partial charge < -0.3 is 26.0 Å². The zero-order chi connectivity index (χ0) is 28.1. The van der Waals surface area contributed by atoms with E-state index in [1.54, 1.807) is 25.8 Å². The number of hydrogen-bond acceptors (Lipinski definition) is 5. The van der Waals surface area contributed by atoms with Crippen molar-refractivity contribution in [1.29, 1.82) is 0 Å². The van der Waals surface area contributed by atoms with Crippen LogP contribution >= 0.6 is 0 Å². The van der Waals surface area contributed by atoms with E-state index in [2.05, 4.69) is 16.0 Å². The number of carbonyl (C=O) groups excluding carboxylic acids is 4. The van der Waals surface area contributed by atoms with Gasteiger partial charge in [-0.1, -0.05) is 62.4 Å². The Hall–Kier alpha value is -3.43. The minimum Gasteiger partial charge on any atom is -0.465 e. The Kier molecular flexibility index (Phi) is 12.8. The molecule has 210 valence electrons. The van der Waals surface area contributed by atoms with Gasteiger partial charge in [0.1, 0.15) is 6.04 Å². The fourth-order valence-corrected chi connectivity index (χ4v) is 4.69. The standard InChI is InChI=1S/C28H42N4O6/c1-19(2)29-27(36)25(34)22(14-15-24(33)32(3)17-16-20-10-6-4-7-11-20)30-26(35)23(31-28(37)38)18-21-12-8-5-9-13-21/h4,6-7,10-11,19,21-23,31H,5,8-9,12-18H2,1-3H3,(H,29,36)(H,30,35)(H,37,38). The molecule has 10 heteroatoms. The van der Waals surface area contributed by atoms with E-state index in [4.69, 9.17) is 0 Å². The van der Waals surface area contributed by atoms with Crippen molar-refractivity contribution < 1.29 is 29.1 Å². The smallest absolute Gasteiger partial charge is 0.405 e. The lowest BCUT2D eigenvalue weighted by molar-refractivity contribution is -0.141. The summed E-state index contributed by atoms with van der Waals surface area (Å²) < 4.78 is 0. The van der Waals surface area contributed by atoms with Crippen LogP contribution in [0.2, 0.25) is 0 Å². The fourth-order valence-electron chi connectivity index (χ4n) is 4.69. The molecule has 38 heavy (non-hydrogen) atoms. The van der Waals surface area contributed by atoms with Crippen LogP contribution in [0.1, 0.15) is 70.8 Å². The first kappa shape index (κ1) is 30.8. The lowest BCUT2D eigenvalue weighted by atomic mass is 9.84. The molecule has 1 fully saturated rings. The number of hydrogen-bond donors (Lipinski definition) is 4. The third-order valence-electron chi connectivity index (χ3n) is 6.84. The molecule has 1 aliphatic rings. The molecule has 2 rings (SSSR count). The van der Waals surface area contributed by atoms with E-state index < -0.39 is 35.8 Å². The predicted molar refractivity (Wildman–Crippen MR) is 143 cm³/mol. The molecule has 1 aromatic carbocycles. The number of carboxylic acid groups (broad SMARTS) is 1. The monoisotopic (exact) mass is 530 g/mol. The van der Waals surface area contributed by atoms with Crippen molar-refractivity contribution in [2.24, 2.45) is 5.92 Å². The second-order valence-electron chi connectivity index (χ2n) is 10.4. The Bertz CT molecular complexity index is 946. The maximum atomic E-state index is 13.1. The zero-order valence-corrected chi connectivity index (χ0v) is 22.7. The molecular weight excluding hydrogens is 488 g/mol. The molecule has 0 aromatic heterocycles. The molecule has 1 aromatic rings. The van der Waals surface area contributed by atoms with Crippen molar-refractivity contribution in [1.82, 2.24) is 20.9 Å². The average molecular weight is 531 g/mol. The number of amides is 4. The Balaban J connectivity index is 2.06. The summed E-state index contributed by atoms with van der Waals surface area (Å²) in [7, 11) is 1.67. The van der Waals surface area contributed by atoms with Crippen LogP contribution in [0.5, 0.6) is 0 Å². The van der Waals surface area contributed by atoms with E-state index in [0.717, 1.165) is 37.7 Å². The summed E-state index contributed by atoms with van der Waals surface area (Å²) in [6.07, 6.45) is 4.52. The van der Waals surface area contributed by atoms with Crippen molar-refractivity contribution in [2.75, 3.05) is 13.6 Å². The molecule has 2 atom stereocenters. The highest BCUT2D eigenvalue weighted by Gasteiger charge is 2.32. The SMILES string of the molecule is CC(C)NC(=O)C(=O)C(CCC(=O)N(C)CCc1ccccc1)NC(=O)C(CC1CCCCC1)NC(=O)O. The van der Waals surface area contributed by atoms with Crippen LogP contribution in [0.3, 0.4) is 0 Å². The molecular formula is C28H42N4O6. The number of rotatable bonds is 14. The van der Waals surface area contributed by atoms with Crippen LogP contribution in [0.15, 0.2) is 30.3 Å². The number of benzene rings is 1. The van der Waals surface area contributed by atoms with E-state index in [0.29, 0.717) is 19.4 Å². The first-order valence-corrected chi connectivity index (χ1v) is 13.5. The molecule has 0 spiro atoms. The molecule has 0 bridgehead atoms. The van der Waals surface area contributed by atoms with E-state index in [1.165, 1.54) is 0 Å². The lowest BCUT2D eigenvalue weighted by Gasteiger charge is -2.27. The van der Waals surface area contributed by atoms with Gasteiger partial charge in [-0.05, 0) is 44.6 Å². The minimum absolute atomic E-state index is 0.0589. The molecule has 1 aliphatic carbocycles. The number of likely N-dealkylation sites (N-methyl/N-ethyl adjacent to an activating group) is 1. The summed E-state index contributed by atoms with van der Waals surface area (Å²) >= 11 is 0. The lowest BCUT2D eigenvalue weighted by Crippen LogP contribution is -2.54. The maximum absolute atomic E-state index is 13.1. The van der Waals surface area contributed by atoms with Crippen molar-refractivity contribution in [3.8, 4) is 0 Å². The second kappa shape index (κ2) is 15.7. The van der Waals surface area contributed by atoms with Crippen molar-refractivity contribution in [3.63, 3.8) is 0 Å². The predicted octanol–water partition coefficient (Wildman–Crippen LogP) is 2.65. The van der Waals surface area contributed by atoms with Crippen LogP contribution in [-0.2, 0) is 25.6 Å². The van der Waals surface area contributed by atoms with Crippen LogP contribution in [0.25, 0.3) is 0 Å². The largest absolute Gasteiger partial charge is 0.465 e. The fraction of sp³-hybridized carbons (Fsp3) is 0.607. The zero-order valence-electron chi connectivity index (χ0n) is 22.7. The number of nitrogens with one attached hydrogen (secondary N) is 3. The van der Waals surface area contributed by atoms with Crippen LogP contribution in [0.4, 0.5) is 4.79 Å². The summed E-state index contributed by atoms with van der Waals surface area (Å²) in [5, 5.41) is 16.7. The molecule has 0 radical (unpaired) electrons. The van der Waals surface area contributed by atoms with Gasteiger partial charge >= 0.3 is 6.09 Å². The average Bonchev–Trinajstić information content (AvgIpc) is 2.89. The Morgan fingerprint density at radius 1 is 0.947 bits per heavy atom. The summed E-state index contributed by atoms with van der Waals surface area (Å²) in [6, 6.07) is 7.14. The summed E-state index contributed by atoms with van der Waals surface area (Å²) in [5.41, 5.74) is 1.09. The molecule has 0 aliphatic heterocycles. The molecule has 4 amide bonds. The topological polar surface area (TPSA) is 145 Å². The van der Waals surface area contributed by atoms with Gasteiger partial charge in [-0.2, -0.15) is 0 Å². The molecule has 10 nitrogen and oxygen atoms in total. The van der Waals surface area contributed by atoms with Crippen LogP contribution in [0, 0.1) is 5.92 Å². The van der Waals surface area contributed by atoms with Gasteiger partial charge in [0.15, 0.2) is 0 Å². The van der Waals surface area contributed by atoms with Gasteiger partial charge in [0.05, 0.1) is 6.04 Å². The third kappa shape index (κ3) is 10.9. The molecule has 0 heterocycles. The van der Waals surface area contributed by atoms with Gasteiger partial charge in [-0.3, -0.25) is 19.2 Å². The van der Waals surface area contributed by atoms with E-state index in [-0.39, 0.29) is 30.7 Å². The number of Topliss-reactive ketones (excluding diaryl/α,β-unsaturated/α-hetero) is 1. The quantitative estimate of drug-likeness (QED) is 0.272. The highest BCUT2D eigenvalue weighted by molar-refractivity contribution is 6.38. The summed E-state index contributed by atoms with van der Waals surface area (Å²) in [5.74, 6) is -2.41. The van der Waals surface area contributed by atoms with Gasteiger partial charge in [-0.25, -0.2) is 4.79 Å². The summed E-state index contributed by atoms with van der Waals surface area (Å²) in [4.78, 5) is 64.3. The van der Waals surface area contributed by atoms with Crippen molar-refractivity contribution in [2.45, 2.75) is 89.8 Å². The number of ketones is 1. The Morgan fingerprint density at radius 3 is 2.21 bits per heavy atom. The van der Waals surface area contributed by atoms with Crippen molar-refractivity contribution in [3.05, 3.63) is 35.9 Å². The van der Waals surface area contributed by atoms with E-state index >= 15 is 0 Å². The van der Waals surface area contributed by atoms with Gasteiger partial charge in [0.2, 0.25) is 17.6 Å². The molecule has 0 saturated heterocycles. The number of carbonyl (C=O) groups is 5. The third-order valence-corrected chi connectivity index (χ3v) is 6.84. The van der Waals surface area contributed by atoms with E-state index in [1.807, 2.05) is 30.3 Å². The molecule has 2 unspecified atom stereocenters. The van der Waals surface area contributed by atoms with Gasteiger partial charge in [-0.15, -0.1) is 0 Å². The highest BCUT2D eigenvalue weighted by Crippen LogP contribution is 2.27. The molecule has 1 saturated carbocycles. The van der Waals surface area contributed by atoms with E-state index in [9.17, 15) is 29.1 Å². The van der Waals surface area contributed by atoms with Crippen molar-refractivity contribution >= 4 is 29.6 Å². The number of nitrogens with zero attached hydrogens (tertiary/aromatic N) is 1. The first-order valence-electron chi connectivity index (χ1n) is 13.5. The Labute approximate surface area is 224 Å². The normalized spacial score (nSPS) is 15.3. The van der Waals surface area contributed by atoms with Gasteiger partial charge in [0.25, 0.3) is 5.91 Å². The first-order chi connectivity index (χ1) is 18.1.